The predicted octanol–water partition coefficient (Wildman–Crippen LogP) is 6.13. The van der Waals surface area contributed by atoms with Gasteiger partial charge in [0.25, 0.3) is 0 Å². The maximum atomic E-state index is 10.3. The number of aliphatic hydroxyl groups excluding tert-OH is 1. The fourth-order valence-corrected chi connectivity index (χ4v) is 4.31. The van der Waals surface area contributed by atoms with Gasteiger partial charge in [-0.1, -0.05) is 96.5 Å². The molecular weight excluding hydrogens is 382 g/mol. The Morgan fingerprint density at radius 1 is 0.742 bits per heavy atom. The van der Waals surface area contributed by atoms with E-state index in [1.807, 2.05) is 15.6 Å². The molecule has 31 heavy (non-hydrogen) atoms. The van der Waals surface area contributed by atoms with Gasteiger partial charge in [0.05, 0.1) is 0 Å². The van der Waals surface area contributed by atoms with Gasteiger partial charge in [-0.05, 0) is 23.7 Å². The molecule has 0 unspecified atom stereocenters. The molecule has 3 aromatic rings. The molecule has 1 aromatic heterocycles. The molecule has 4 nitrogen and oxygen atoms in total. The molecule has 0 amide bonds. The van der Waals surface area contributed by atoms with Crippen molar-refractivity contribution in [1.29, 1.82) is 0 Å². The average molecular weight is 421 g/mol. The maximum absolute atomic E-state index is 10.3. The zero-order valence-electron chi connectivity index (χ0n) is 20.3. The molecule has 0 saturated heterocycles. The summed E-state index contributed by atoms with van der Waals surface area (Å²) in [6.45, 7) is 17.7. The Bertz CT molecular complexity index is 992. The highest BCUT2D eigenvalue weighted by molar-refractivity contribution is 5.51. The summed E-state index contributed by atoms with van der Waals surface area (Å²) >= 11 is 0. The van der Waals surface area contributed by atoms with Crippen molar-refractivity contribution in [2.24, 2.45) is 0 Å². The third-order valence-electron chi connectivity index (χ3n) is 6.02. The molecule has 0 aliphatic carbocycles. The van der Waals surface area contributed by atoms with Crippen LogP contribution in [0.25, 0.3) is 11.4 Å². The molecule has 1 N–H and O–H groups in total. The molecule has 0 aliphatic heterocycles. The number of para-hydroxylation sites is 2. The first-order valence-corrected chi connectivity index (χ1v) is 11.5. The molecule has 0 bridgehead atoms. The van der Waals surface area contributed by atoms with Crippen LogP contribution in [0.1, 0.15) is 107 Å². The molecule has 1 heterocycles. The lowest BCUT2D eigenvalue weighted by atomic mass is 9.92. The van der Waals surface area contributed by atoms with Crippen molar-refractivity contribution >= 4 is 0 Å². The number of aliphatic hydroxyl groups is 1. The van der Waals surface area contributed by atoms with Crippen LogP contribution in [-0.4, -0.2) is 15.0 Å². The van der Waals surface area contributed by atoms with Crippen molar-refractivity contribution in [3.8, 4) is 11.4 Å². The fourth-order valence-electron chi connectivity index (χ4n) is 4.31. The summed E-state index contributed by atoms with van der Waals surface area (Å²) in [7, 11) is 0. The summed E-state index contributed by atoms with van der Waals surface area (Å²) in [4.78, 5) is 0. The van der Waals surface area contributed by atoms with Crippen LogP contribution < -0.4 is 4.68 Å². The molecular formula is C27H38N3O+. The lowest BCUT2D eigenvalue weighted by Crippen LogP contribution is -2.36. The summed E-state index contributed by atoms with van der Waals surface area (Å²) in [5.74, 6) is 1.45. The third kappa shape index (κ3) is 4.45. The number of aromatic nitrogens is 3. The molecule has 4 heteroatoms. The minimum atomic E-state index is -0.0647. The monoisotopic (exact) mass is 420 g/mol. The lowest BCUT2D eigenvalue weighted by molar-refractivity contribution is -0.662. The van der Waals surface area contributed by atoms with Crippen molar-refractivity contribution in [2.45, 2.75) is 85.7 Å². The summed E-state index contributed by atoms with van der Waals surface area (Å²) in [6, 6.07) is 13.0. The highest BCUT2D eigenvalue weighted by Crippen LogP contribution is 2.32. The topological polar surface area (TPSA) is 41.9 Å². The second-order valence-electron chi connectivity index (χ2n) is 9.71. The molecule has 0 aliphatic rings. The van der Waals surface area contributed by atoms with E-state index >= 15 is 0 Å². The average Bonchev–Trinajstić information content (AvgIpc) is 3.16. The van der Waals surface area contributed by atoms with Gasteiger partial charge in [-0.2, -0.15) is 0 Å². The predicted molar refractivity (Wildman–Crippen MR) is 127 cm³/mol. The van der Waals surface area contributed by atoms with Gasteiger partial charge in [0.15, 0.2) is 23.3 Å². The van der Waals surface area contributed by atoms with Crippen LogP contribution in [0.2, 0.25) is 0 Å². The first-order chi connectivity index (χ1) is 14.7. The van der Waals surface area contributed by atoms with Gasteiger partial charge in [0, 0.05) is 22.3 Å². The second kappa shape index (κ2) is 9.35. The van der Waals surface area contributed by atoms with Gasteiger partial charge in [-0.25, -0.2) is 0 Å². The van der Waals surface area contributed by atoms with E-state index in [4.69, 9.17) is 5.21 Å². The summed E-state index contributed by atoms with van der Waals surface area (Å²) in [5, 5.41) is 15.3. The van der Waals surface area contributed by atoms with Crippen LogP contribution in [0.5, 0.6) is 0 Å². The Balaban J connectivity index is 2.34. The fraction of sp³-hybridized carbons (Fsp3) is 0.481. The van der Waals surface area contributed by atoms with E-state index in [1.165, 1.54) is 22.3 Å². The Morgan fingerprint density at radius 3 is 1.55 bits per heavy atom. The van der Waals surface area contributed by atoms with E-state index < -0.39 is 0 Å². The minimum absolute atomic E-state index is 0.0647. The van der Waals surface area contributed by atoms with E-state index in [9.17, 15) is 5.11 Å². The standard InChI is InChI=1S/C27H38N3O/c1-17(2)22-11-9-12-23(18(3)4)26(22)29-15-21(16-31)30(28-29)27-24(19(5)6)13-10-14-25(27)20(7)8/h9-15,17-20,31H,16H2,1-8H3/q+1. The minimum Gasteiger partial charge on any atom is -0.388 e. The first-order valence-electron chi connectivity index (χ1n) is 11.5. The number of rotatable bonds is 7. The van der Waals surface area contributed by atoms with Crippen molar-refractivity contribution in [2.75, 3.05) is 0 Å². The highest BCUT2D eigenvalue weighted by Gasteiger charge is 2.28. The molecule has 0 saturated carbocycles. The van der Waals surface area contributed by atoms with Gasteiger partial charge in [-0.15, -0.1) is 4.68 Å². The molecule has 0 fully saturated rings. The smallest absolute Gasteiger partial charge is 0.200 e. The number of benzene rings is 2. The van der Waals surface area contributed by atoms with Gasteiger partial charge in [-0.3, -0.25) is 0 Å². The van der Waals surface area contributed by atoms with Crippen molar-refractivity contribution in [1.82, 2.24) is 9.90 Å². The third-order valence-corrected chi connectivity index (χ3v) is 6.02. The molecule has 0 radical (unpaired) electrons. The molecule has 3 rings (SSSR count). The van der Waals surface area contributed by atoms with E-state index in [0.29, 0.717) is 23.7 Å². The lowest BCUT2D eigenvalue weighted by Gasteiger charge is -2.16. The van der Waals surface area contributed by atoms with Crippen LogP contribution in [-0.2, 0) is 6.61 Å². The molecule has 166 valence electrons. The Labute approximate surface area is 187 Å². The Hall–Kier alpha value is -2.46. The normalized spacial score (nSPS) is 12.0. The number of hydrogen-bond acceptors (Lipinski definition) is 2. The second-order valence-corrected chi connectivity index (χ2v) is 9.71. The van der Waals surface area contributed by atoms with Crippen LogP contribution in [0, 0.1) is 0 Å². The van der Waals surface area contributed by atoms with Crippen LogP contribution in [0.4, 0.5) is 0 Å². The summed E-state index contributed by atoms with van der Waals surface area (Å²) < 4.78 is 3.95. The van der Waals surface area contributed by atoms with Crippen molar-refractivity contribution in [3.63, 3.8) is 0 Å². The molecule has 0 spiro atoms. The van der Waals surface area contributed by atoms with Crippen molar-refractivity contribution < 1.29 is 9.79 Å². The van der Waals surface area contributed by atoms with E-state index in [2.05, 4.69) is 91.8 Å². The van der Waals surface area contributed by atoms with Gasteiger partial charge in [0.2, 0.25) is 0 Å². The van der Waals surface area contributed by atoms with Crippen molar-refractivity contribution in [3.05, 3.63) is 70.5 Å². The zero-order chi connectivity index (χ0) is 22.9. The highest BCUT2D eigenvalue weighted by atomic mass is 16.3. The SMILES string of the molecule is CC(C)c1cccc(C(C)C)c1-n1n[n+](-c2c(C(C)C)cccc2C(C)C)cc1CO. The Kier molecular flexibility index (Phi) is 7.00. The molecule has 2 aromatic carbocycles. The Morgan fingerprint density at radius 2 is 1.16 bits per heavy atom. The summed E-state index contributed by atoms with van der Waals surface area (Å²) in [6.07, 6.45) is 1.99. The summed E-state index contributed by atoms with van der Waals surface area (Å²) in [5.41, 5.74) is 8.06. The van der Waals surface area contributed by atoms with Crippen LogP contribution in [0.15, 0.2) is 42.6 Å². The zero-order valence-corrected chi connectivity index (χ0v) is 20.3. The maximum Gasteiger partial charge on any atom is 0.200 e. The first kappa shape index (κ1) is 23.2. The molecule has 0 atom stereocenters. The van der Waals surface area contributed by atoms with Gasteiger partial charge >= 0.3 is 0 Å². The van der Waals surface area contributed by atoms with Crippen LogP contribution >= 0.6 is 0 Å². The largest absolute Gasteiger partial charge is 0.388 e. The van der Waals surface area contributed by atoms with E-state index in [0.717, 1.165) is 17.1 Å². The van der Waals surface area contributed by atoms with Gasteiger partial charge < -0.3 is 5.11 Å². The number of hydrogen-bond donors (Lipinski definition) is 1. The van der Waals surface area contributed by atoms with E-state index in [-0.39, 0.29) is 6.61 Å². The quantitative estimate of drug-likeness (QED) is 0.467. The van der Waals surface area contributed by atoms with Crippen LogP contribution in [0.3, 0.4) is 0 Å². The number of nitrogens with zero attached hydrogens (tertiary/aromatic N) is 3. The van der Waals surface area contributed by atoms with E-state index in [1.54, 1.807) is 0 Å². The van der Waals surface area contributed by atoms with Gasteiger partial charge in [0.1, 0.15) is 11.8 Å².